The molecule has 3 heteroatoms. The Morgan fingerprint density at radius 1 is 1.29 bits per heavy atom. The molecule has 0 aliphatic carbocycles. The highest BCUT2D eigenvalue weighted by atomic mass is 32.1. The number of rotatable bonds is 5. The molecule has 1 aromatic heterocycles. The van der Waals surface area contributed by atoms with E-state index in [1.807, 2.05) is 42.8 Å². The standard InChI is InChI=1S/C14H17NOS/c1-11-14(17-10-15-11)9-5-8-13(16)12-6-3-2-4-7-12/h2-4,6-7,10,13,16H,5,8-9H2,1H3. The number of thiazole rings is 1. The molecule has 2 rings (SSSR count). The molecule has 0 saturated carbocycles. The summed E-state index contributed by atoms with van der Waals surface area (Å²) in [6.07, 6.45) is 2.48. The van der Waals surface area contributed by atoms with Gasteiger partial charge in [-0.25, -0.2) is 4.98 Å². The van der Waals surface area contributed by atoms with Gasteiger partial charge in [0.1, 0.15) is 0 Å². The van der Waals surface area contributed by atoms with Crippen LogP contribution in [0.15, 0.2) is 35.8 Å². The van der Waals surface area contributed by atoms with Crippen LogP contribution in [0.4, 0.5) is 0 Å². The molecule has 1 heterocycles. The van der Waals surface area contributed by atoms with Gasteiger partial charge in [0, 0.05) is 4.88 Å². The summed E-state index contributed by atoms with van der Waals surface area (Å²) in [5, 5.41) is 10.0. The molecule has 90 valence electrons. The fraction of sp³-hybridized carbons (Fsp3) is 0.357. The third-order valence-corrected chi connectivity index (χ3v) is 3.91. The number of aromatic nitrogens is 1. The number of aliphatic hydroxyl groups is 1. The molecule has 1 atom stereocenters. The maximum atomic E-state index is 10.0. The molecule has 0 radical (unpaired) electrons. The zero-order valence-corrected chi connectivity index (χ0v) is 10.8. The van der Waals surface area contributed by atoms with Crippen LogP contribution in [0.2, 0.25) is 0 Å². The molecular formula is C14H17NOS. The topological polar surface area (TPSA) is 33.1 Å². The third-order valence-electron chi connectivity index (χ3n) is 2.91. The first kappa shape index (κ1) is 12.3. The first-order chi connectivity index (χ1) is 8.27. The second-order valence-corrected chi connectivity index (χ2v) is 5.12. The molecule has 0 aliphatic heterocycles. The lowest BCUT2D eigenvalue weighted by atomic mass is 10.0. The summed E-state index contributed by atoms with van der Waals surface area (Å²) in [4.78, 5) is 5.57. The zero-order valence-electron chi connectivity index (χ0n) is 9.97. The number of aryl methyl sites for hydroxylation is 2. The molecule has 0 amide bonds. The Hall–Kier alpha value is -1.19. The summed E-state index contributed by atoms with van der Waals surface area (Å²) in [5.41, 5.74) is 4.02. The Bertz CT molecular complexity index is 452. The Morgan fingerprint density at radius 2 is 2.06 bits per heavy atom. The van der Waals surface area contributed by atoms with E-state index in [-0.39, 0.29) is 6.10 Å². The van der Waals surface area contributed by atoms with Crippen LogP contribution in [-0.2, 0) is 6.42 Å². The van der Waals surface area contributed by atoms with Gasteiger partial charge in [-0.3, -0.25) is 0 Å². The van der Waals surface area contributed by atoms with Gasteiger partial charge in [0.15, 0.2) is 0 Å². The third kappa shape index (κ3) is 3.38. The first-order valence-corrected chi connectivity index (χ1v) is 6.77. The van der Waals surface area contributed by atoms with Gasteiger partial charge in [0.2, 0.25) is 0 Å². The van der Waals surface area contributed by atoms with Crippen molar-refractivity contribution in [1.82, 2.24) is 4.98 Å². The van der Waals surface area contributed by atoms with Crippen LogP contribution in [0.5, 0.6) is 0 Å². The van der Waals surface area contributed by atoms with Crippen molar-refractivity contribution in [2.75, 3.05) is 0 Å². The van der Waals surface area contributed by atoms with Crippen LogP contribution in [0, 0.1) is 6.92 Å². The highest BCUT2D eigenvalue weighted by Crippen LogP contribution is 2.21. The van der Waals surface area contributed by atoms with E-state index in [1.165, 1.54) is 4.88 Å². The van der Waals surface area contributed by atoms with Crippen molar-refractivity contribution in [3.05, 3.63) is 52.0 Å². The summed E-state index contributed by atoms with van der Waals surface area (Å²) in [7, 11) is 0. The number of benzene rings is 1. The molecule has 1 N–H and O–H groups in total. The molecule has 17 heavy (non-hydrogen) atoms. The molecular weight excluding hydrogens is 230 g/mol. The van der Waals surface area contributed by atoms with E-state index in [4.69, 9.17) is 0 Å². The SMILES string of the molecule is Cc1ncsc1CCCC(O)c1ccccc1. The summed E-state index contributed by atoms with van der Waals surface area (Å²) >= 11 is 1.70. The average molecular weight is 247 g/mol. The Balaban J connectivity index is 1.81. The van der Waals surface area contributed by atoms with Gasteiger partial charge >= 0.3 is 0 Å². The lowest BCUT2D eigenvalue weighted by molar-refractivity contribution is 0.165. The summed E-state index contributed by atoms with van der Waals surface area (Å²) < 4.78 is 0. The Labute approximate surface area is 106 Å². The smallest absolute Gasteiger partial charge is 0.0797 e. The van der Waals surface area contributed by atoms with E-state index in [1.54, 1.807) is 11.3 Å². The van der Waals surface area contributed by atoms with Crippen LogP contribution in [0.3, 0.4) is 0 Å². The van der Waals surface area contributed by atoms with Crippen LogP contribution in [0.1, 0.15) is 35.1 Å². The molecule has 0 saturated heterocycles. The van der Waals surface area contributed by atoms with Gasteiger partial charge in [-0.2, -0.15) is 0 Å². The van der Waals surface area contributed by atoms with Gasteiger partial charge in [0.25, 0.3) is 0 Å². The van der Waals surface area contributed by atoms with Crippen molar-refractivity contribution in [2.24, 2.45) is 0 Å². The number of hydrogen-bond donors (Lipinski definition) is 1. The minimum atomic E-state index is -0.343. The van der Waals surface area contributed by atoms with Crippen LogP contribution < -0.4 is 0 Å². The largest absolute Gasteiger partial charge is 0.388 e. The van der Waals surface area contributed by atoms with Crippen LogP contribution in [-0.4, -0.2) is 10.1 Å². The van der Waals surface area contributed by atoms with Gasteiger partial charge in [-0.15, -0.1) is 11.3 Å². The quantitative estimate of drug-likeness (QED) is 0.877. The molecule has 0 bridgehead atoms. The van der Waals surface area contributed by atoms with Crippen molar-refractivity contribution in [3.8, 4) is 0 Å². The van der Waals surface area contributed by atoms with Gasteiger partial charge in [0.05, 0.1) is 17.3 Å². The Morgan fingerprint density at radius 3 is 2.71 bits per heavy atom. The van der Waals surface area contributed by atoms with E-state index in [0.717, 1.165) is 30.5 Å². The van der Waals surface area contributed by atoms with E-state index < -0.39 is 0 Å². The van der Waals surface area contributed by atoms with Gasteiger partial charge < -0.3 is 5.11 Å². The molecule has 0 fully saturated rings. The van der Waals surface area contributed by atoms with Crippen LogP contribution in [0.25, 0.3) is 0 Å². The second kappa shape index (κ2) is 5.94. The maximum absolute atomic E-state index is 10.0. The Kier molecular flexibility index (Phi) is 4.29. The van der Waals surface area contributed by atoms with Crippen molar-refractivity contribution in [3.63, 3.8) is 0 Å². The summed E-state index contributed by atoms with van der Waals surface area (Å²) in [5.74, 6) is 0. The molecule has 1 aromatic carbocycles. The van der Waals surface area contributed by atoms with E-state index >= 15 is 0 Å². The lowest BCUT2D eigenvalue weighted by Crippen LogP contribution is -1.98. The summed E-state index contributed by atoms with van der Waals surface area (Å²) in [6, 6.07) is 9.85. The van der Waals surface area contributed by atoms with Crippen molar-refractivity contribution in [2.45, 2.75) is 32.3 Å². The lowest BCUT2D eigenvalue weighted by Gasteiger charge is -2.10. The van der Waals surface area contributed by atoms with E-state index in [9.17, 15) is 5.11 Å². The molecule has 2 aromatic rings. The predicted octanol–water partition coefficient (Wildman–Crippen LogP) is 3.51. The van der Waals surface area contributed by atoms with Crippen molar-refractivity contribution in [1.29, 1.82) is 0 Å². The van der Waals surface area contributed by atoms with E-state index in [2.05, 4.69) is 4.98 Å². The normalized spacial score (nSPS) is 12.6. The fourth-order valence-corrected chi connectivity index (χ4v) is 2.69. The highest BCUT2D eigenvalue weighted by molar-refractivity contribution is 7.09. The van der Waals surface area contributed by atoms with Crippen molar-refractivity contribution < 1.29 is 5.11 Å². The minimum Gasteiger partial charge on any atom is -0.388 e. The fourth-order valence-electron chi connectivity index (χ4n) is 1.86. The monoisotopic (exact) mass is 247 g/mol. The van der Waals surface area contributed by atoms with Crippen molar-refractivity contribution >= 4 is 11.3 Å². The molecule has 1 unspecified atom stereocenters. The minimum absolute atomic E-state index is 0.343. The number of nitrogens with zero attached hydrogens (tertiary/aromatic N) is 1. The maximum Gasteiger partial charge on any atom is 0.0797 e. The molecule has 2 nitrogen and oxygen atoms in total. The number of aliphatic hydroxyl groups excluding tert-OH is 1. The van der Waals surface area contributed by atoms with E-state index in [0.29, 0.717) is 0 Å². The second-order valence-electron chi connectivity index (χ2n) is 4.18. The molecule has 0 spiro atoms. The van der Waals surface area contributed by atoms with Crippen LogP contribution >= 0.6 is 11.3 Å². The highest BCUT2D eigenvalue weighted by Gasteiger charge is 2.07. The van der Waals surface area contributed by atoms with Gasteiger partial charge in [-0.1, -0.05) is 30.3 Å². The number of hydrogen-bond acceptors (Lipinski definition) is 3. The summed E-state index contributed by atoms with van der Waals surface area (Å²) in [6.45, 7) is 2.04. The van der Waals surface area contributed by atoms with Gasteiger partial charge in [-0.05, 0) is 31.7 Å². The zero-order chi connectivity index (χ0) is 12.1. The molecule has 0 aliphatic rings. The predicted molar refractivity (Wildman–Crippen MR) is 71.2 cm³/mol. The first-order valence-electron chi connectivity index (χ1n) is 5.89. The average Bonchev–Trinajstić information content (AvgIpc) is 2.76.